The predicted molar refractivity (Wildman–Crippen MR) is 78.9 cm³/mol. The van der Waals surface area contributed by atoms with Gasteiger partial charge >= 0.3 is 5.97 Å². The first-order chi connectivity index (χ1) is 10.0. The maximum Gasteiger partial charge on any atom is 0.345 e. The van der Waals surface area contributed by atoms with Gasteiger partial charge in [0.25, 0.3) is 5.69 Å². The van der Waals surface area contributed by atoms with E-state index in [2.05, 4.69) is 0 Å². The van der Waals surface area contributed by atoms with Crippen LogP contribution in [0, 0.1) is 10.1 Å². The molecule has 0 aliphatic heterocycles. The molecule has 0 unspecified atom stereocenters. The highest BCUT2D eigenvalue weighted by atomic mass is 35.5. The molecule has 0 atom stereocenters. The summed E-state index contributed by atoms with van der Waals surface area (Å²) < 4.78 is 5.19. The molecule has 0 fully saturated rings. The molecular formula is C15H12ClNO4. The van der Waals surface area contributed by atoms with Crippen LogP contribution < -0.4 is 4.74 Å². The van der Waals surface area contributed by atoms with E-state index in [-0.39, 0.29) is 16.3 Å². The van der Waals surface area contributed by atoms with Gasteiger partial charge in [-0.15, -0.1) is 0 Å². The fourth-order valence-corrected chi connectivity index (χ4v) is 1.99. The van der Waals surface area contributed by atoms with Gasteiger partial charge in [-0.2, -0.15) is 0 Å². The van der Waals surface area contributed by atoms with Crippen LogP contribution >= 0.6 is 11.6 Å². The molecule has 0 saturated heterocycles. The maximum atomic E-state index is 12.0. The van der Waals surface area contributed by atoms with E-state index in [0.29, 0.717) is 5.75 Å². The Bertz CT molecular complexity index is 683. The number of carbonyl (C=O) groups excluding carboxylic acids is 1. The lowest BCUT2D eigenvalue weighted by atomic mass is 10.2. The molecule has 5 nitrogen and oxygen atoms in total. The molecule has 21 heavy (non-hydrogen) atoms. The topological polar surface area (TPSA) is 69.4 Å². The van der Waals surface area contributed by atoms with Crippen LogP contribution in [0.3, 0.4) is 0 Å². The summed E-state index contributed by atoms with van der Waals surface area (Å²) in [5.41, 5.74) is 1.04. The van der Waals surface area contributed by atoms with Crippen molar-refractivity contribution < 1.29 is 14.5 Å². The van der Waals surface area contributed by atoms with Gasteiger partial charge in [0.15, 0.2) is 0 Å². The highest BCUT2D eigenvalue weighted by Gasteiger charge is 2.16. The van der Waals surface area contributed by atoms with Crippen molar-refractivity contribution in [3.05, 3.63) is 68.7 Å². The molecule has 2 rings (SSSR count). The van der Waals surface area contributed by atoms with E-state index < -0.39 is 10.9 Å². The highest BCUT2D eigenvalue weighted by molar-refractivity contribution is 6.33. The number of nitrogens with zero attached hydrogens (tertiary/aromatic N) is 1. The Hall–Kier alpha value is -2.40. The molecule has 0 aliphatic carbocycles. The summed E-state index contributed by atoms with van der Waals surface area (Å²) in [7, 11) is 0. The van der Waals surface area contributed by atoms with Crippen molar-refractivity contribution in [2.24, 2.45) is 0 Å². The second kappa shape index (κ2) is 6.37. The predicted octanol–water partition coefficient (Wildman–Crippen LogP) is 4.03. The Balaban J connectivity index is 2.17. The standard InChI is InChI=1S/C15H12ClNO4/c1-2-10-3-6-12(7-4-10)21-15(18)13-8-5-11(17(19)20)9-14(13)16/h3-9H,2H2,1H3. The van der Waals surface area contributed by atoms with Crippen molar-refractivity contribution in [3.8, 4) is 5.75 Å². The lowest BCUT2D eigenvalue weighted by molar-refractivity contribution is -0.384. The lowest BCUT2D eigenvalue weighted by Gasteiger charge is -2.06. The SMILES string of the molecule is CCc1ccc(OC(=O)c2ccc([N+](=O)[O-])cc2Cl)cc1. The van der Waals surface area contributed by atoms with E-state index in [0.717, 1.165) is 18.1 Å². The summed E-state index contributed by atoms with van der Waals surface area (Å²) in [6.45, 7) is 2.03. The van der Waals surface area contributed by atoms with Crippen molar-refractivity contribution >= 4 is 23.3 Å². The zero-order chi connectivity index (χ0) is 15.4. The Morgan fingerprint density at radius 1 is 1.24 bits per heavy atom. The van der Waals surface area contributed by atoms with Crippen LogP contribution in [0.2, 0.25) is 5.02 Å². The molecular weight excluding hydrogens is 294 g/mol. The zero-order valence-corrected chi connectivity index (χ0v) is 12.0. The number of benzene rings is 2. The van der Waals surface area contributed by atoms with Gasteiger partial charge in [-0.25, -0.2) is 4.79 Å². The Kier molecular flexibility index (Phi) is 4.55. The molecule has 0 aromatic heterocycles. The fraction of sp³-hybridized carbons (Fsp3) is 0.133. The molecule has 2 aromatic rings. The van der Waals surface area contributed by atoms with E-state index in [1.54, 1.807) is 12.1 Å². The average Bonchev–Trinajstić information content (AvgIpc) is 2.47. The Labute approximate surface area is 126 Å². The molecule has 2 aromatic carbocycles. The molecule has 0 radical (unpaired) electrons. The van der Waals surface area contributed by atoms with Crippen LogP contribution in [0.5, 0.6) is 5.75 Å². The molecule has 6 heteroatoms. The minimum absolute atomic E-state index is 0.0145. The number of halogens is 1. The minimum Gasteiger partial charge on any atom is -0.423 e. The molecule has 108 valence electrons. The van der Waals surface area contributed by atoms with E-state index in [4.69, 9.17) is 16.3 Å². The summed E-state index contributed by atoms with van der Waals surface area (Å²) in [4.78, 5) is 22.0. The summed E-state index contributed by atoms with van der Waals surface area (Å²) >= 11 is 5.88. The normalized spacial score (nSPS) is 10.2. The van der Waals surface area contributed by atoms with Crippen LogP contribution in [0.15, 0.2) is 42.5 Å². The lowest BCUT2D eigenvalue weighted by Crippen LogP contribution is -2.09. The number of nitro benzene ring substituents is 1. The number of esters is 1. The number of carbonyl (C=O) groups is 1. The van der Waals surface area contributed by atoms with Crippen LogP contribution in [0.1, 0.15) is 22.8 Å². The van der Waals surface area contributed by atoms with Gasteiger partial charge in [-0.1, -0.05) is 30.7 Å². The van der Waals surface area contributed by atoms with Crippen LogP contribution in [-0.4, -0.2) is 10.9 Å². The van der Waals surface area contributed by atoms with Crippen molar-refractivity contribution in [2.45, 2.75) is 13.3 Å². The molecule has 0 aliphatic rings. The molecule has 0 N–H and O–H groups in total. The van der Waals surface area contributed by atoms with Crippen molar-refractivity contribution in [1.29, 1.82) is 0 Å². The summed E-state index contributed by atoms with van der Waals surface area (Å²) in [5, 5.41) is 10.6. The monoisotopic (exact) mass is 305 g/mol. The van der Waals surface area contributed by atoms with E-state index in [9.17, 15) is 14.9 Å². The summed E-state index contributed by atoms with van der Waals surface area (Å²) in [6, 6.07) is 10.7. The number of ether oxygens (including phenoxy) is 1. The first kappa shape index (κ1) is 15.0. The molecule has 0 bridgehead atoms. The van der Waals surface area contributed by atoms with Gasteiger partial charge in [0, 0.05) is 12.1 Å². The third-order valence-corrected chi connectivity index (χ3v) is 3.24. The average molecular weight is 306 g/mol. The maximum absolute atomic E-state index is 12.0. The largest absolute Gasteiger partial charge is 0.423 e. The first-order valence-electron chi connectivity index (χ1n) is 6.26. The third-order valence-electron chi connectivity index (χ3n) is 2.93. The van der Waals surface area contributed by atoms with Gasteiger partial charge in [-0.3, -0.25) is 10.1 Å². The molecule has 0 amide bonds. The van der Waals surface area contributed by atoms with Crippen molar-refractivity contribution in [2.75, 3.05) is 0 Å². The van der Waals surface area contributed by atoms with E-state index in [1.807, 2.05) is 19.1 Å². The van der Waals surface area contributed by atoms with E-state index >= 15 is 0 Å². The highest BCUT2D eigenvalue weighted by Crippen LogP contribution is 2.24. The summed E-state index contributed by atoms with van der Waals surface area (Å²) in [6.07, 6.45) is 0.891. The van der Waals surface area contributed by atoms with Crippen molar-refractivity contribution in [3.63, 3.8) is 0 Å². The Morgan fingerprint density at radius 2 is 1.90 bits per heavy atom. The number of hydrogen-bond acceptors (Lipinski definition) is 4. The summed E-state index contributed by atoms with van der Waals surface area (Å²) in [5.74, 6) is -0.259. The number of aryl methyl sites for hydroxylation is 1. The van der Waals surface area contributed by atoms with Gasteiger partial charge in [0.1, 0.15) is 5.75 Å². The number of nitro groups is 1. The molecule has 0 saturated carbocycles. The van der Waals surface area contributed by atoms with Crippen molar-refractivity contribution in [1.82, 2.24) is 0 Å². The number of non-ortho nitro benzene ring substituents is 1. The van der Waals surface area contributed by atoms with Crippen LogP contribution in [-0.2, 0) is 6.42 Å². The molecule has 0 heterocycles. The molecule has 0 spiro atoms. The number of rotatable bonds is 4. The smallest absolute Gasteiger partial charge is 0.345 e. The number of hydrogen-bond donors (Lipinski definition) is 0. The van der Waals surface area contributed by atoms with Crippen LogP contribution in [0.4, 0.5) is 5.69 Å². The van der Waals surface area contributed by atoms with E-state index in [1.165, 1.54) is 12.1 Å². The van der Waals surface area contributed by atoms with Gasteiger partial charge < -0.3 is 4.74 Å². The fourth-order valence-electron chi connectivity index (χ4n) is 1.74. The second-order valence-corrected chi connectivity index (χ2v) is 4.72. The first-order valence-corrected chi connectivity index (χ1v) is 6.64. The zero-order valence-electron chi connectivity index (χ0n) is 11.2. The Morgan fingerprint density at radius 3 is 2.43 bits per heavy atom. The third kappa shape index (κ3) is 3.58. The van der Waals surface area contributed by atoms with Crippen LogP contribution in [0.25, 0.3) is 0 Å². The van der Waals surface area contributed by atoms with Gasteiger partial charge in [0.2, 0.25) is 0 Å². The second-order valence-electron chi connectivity index (χ2n) is 4.31. The minimum atomic E-state index is -0.654. The van der Waals surface area contributed by atoms with Gasteiger partial charge in [0.05, 0.1) is 15.5 Å². The quantitative estimate of drug-likeness (QED) is 0.370. The van der Waals surface area contributed by atoms with Gasteiger partial charge in [-0.05, 0) is 30.2 Å².